The molecule has 0 rings (SSSR count). The Labute approximate surface area is 37.6 Å². The number of nitrogens with one attached hydrogen (secondary N) is 2. The molecule has 0 amide bonds. The maximum atomic E-state index is 4.47. The van der Waals surface area contributed by atoms with Gasteiger partial charge >= 0.3 is 0 Å². The third-order valence-electron chi connectivity index (χ3n) is 0.393. The van der Waals surface area contributed by atoms with Gasteiger partial charge in [-0.3, -0.25) is 0 Å². The topological polar surface area (TPSA) is 33.3 Å². The van der Waals surface area contributed by atoms with Gasteiger partial charge in [0.1, 0.15) is 0 Å². The molecule has 0 spiro atoms. The maximum Gasteiger partial charge on any atom is 0.0698 e. The van der Waals surface area contributed by atoms with Crippen LogP contribution in [-0.2, 0) is 4.84 Å². The van der Waals surface area contributed by atoms with Crippen LogP contribution in [0.4, 0.5) is 0 Å². The van der Waals surface area contributed by atoms with Gasteiger partial charge in [-0.2, -0.15) is 5.48 Å². The highest BCUT2D eigenvalue weighted by Crippen LogP contribution is 1.44. The summed E-state index contributed by atoms with van der Waals surface area (Å²) in [6.07, 6.45) is 0. The van der Waals surface area contributed by atoms with Crippen molar-refractivity contribution >= 4 is 0 Å². The van der Waals surface area contributed by atoms with Crippen LogP contribution in [0.5, 0.6) is 0 Å². The fraction of sp³-hybridized carbons (Fsp3) is 1.00. The monoisotopic (exact) mass is 90.1 g/mol. The molecule has 0 fully saturated rings. The molecule has 0 heterocycles. The zero-order valence-corrected chi connectivity index (χ0v) is 4.12. The van der Waals surface area contributed by atoms with E-state index in [1.54, 1.807) is 7.11 Å². The summed E-state index contributed by atoms with van der Waals surface area (Å²) in [7, 11) is 3.42. The molecule has 0 unspecified atom stereocenters. The lowest BCUT2D eigenvalue weighted by Crippen LogP contribution is -2.24. The van der Waals surface area contributed by atoms with Crippen LogP contribution in [-0.4, -0.2) is 20.8 Å². The summed E-state index contributed by atoms with van der Waals surface area (Å²) in [5.74, 6) is 0. The highest BCUT2D eigenvalue weighted by atomic mass is 16.6. The summed E-state index contributed by atoms with van der Waals surface area (Å²) in [4.78, 5) is 4.47. The normalized spacial score (nSPS) is 9.00. The standard InChI is InChI=1S/C3H10N2O/c1-4-3-5-6-2/h4-5H,3H2,1-2H3. The molecule has 0 saturated carbocycles. The largest absolute Gasteiger partial charge is 0.306 e. The molecular weight excluding hydrogens is 80.0 g/mol. The Morgan fingerprint density at radius 1 is 1.67 bits per heavy atom. The second kappa shape index (κ2) is 4.88. The Balaban J connectivity index is 2.34. The summed E-state index contributed by atoms with van der Waals surface area (Å²) in [5, 5.41) is 2.83. The van der Waals surface area contributed by atoms with E-state index in [0.29, 0.717) is 6.67 Å². The first-order valence-corrected chi connectivity index (χ1v) is 1.82. The van der Waals surface area contributed by atoms with E-state index >= 15 is 0 Å². The zero-order valence-electron chi connectivity index (χ0n) is 4.12. The summed E-state index contributed by atoms with van der Waals surface area (Å²) in [6, 6.07) is 0. The van der Waals surface area contributed by atoms with E-state index in [9.17, 15) is 0 Å². The van der Waals surface area contributed by atoms with Gasteiger partial charge in [-0.1, -0.05) is 0 Å². The van der Waals surface area contributed by atoms with E-state index in [4.69, 9.17) is 0 Å². The second-order valence-corrected chi connectivity index (χ2v) is 0.879. The first kappa shape index (κ1) is 5.88. The molecule has 2 N–H and O–H groups in total. The van der Waals surface area contributed by atoms with E-state index in [-0.39, 0.29) is 0 Å². The molecule has 0 radical (unpaired) electrons. The van der Waals surface area contributed by atoms with Crippen LogP contribution >= 0.6 is 0 Å². The van der Waals surface area contributed by atoms with Gasteiger partial charge in [-0.05, 0) is 7.05 Å². The van der Waals surface area contributed by atoms with Crippen LogP contribution < -0.4 is 10.8 Å². The average molecular weight is 90.1 g/mol. The number of hydrogen-bond acceptors (Lipinski definition) is 3. The highest BCUT2D eigenvalue weighted by Gasteiger charge is 1.68. The van der Waals surface area contributed by atoms with Crippen molar-refractivity contribution < 1.29 is 4.84 Å². The Bertz CT molecular complexity index is 20.8. The lowest BCUT2D eigenvalue weighted by atomic mass is 11.1. The van der Waals surface area contributed by atoms with Gasteiger partial charge in [-0.15, -0.1) is 0 Å². The minimum atomic E-state index is 0.691. The quantitative estimate of drug-likeness (QED) is 0.273. The van der Waals surface area contributed by atoms with Gasteiger partial charge in [0.05, 0.1) is 13.8 Å². The van der Waals surface area contributed by atoms with Crippen molar-refractivity contribution in [1.82, 2.24) is 10.8 Å². The van der Waals surface area contributed by atoms with Crippen molar-refractivity contribution in [3.63, 3.8) is 0 Å². The number of hydroxylamine groups is 1. The predicted molar refractivity (Wildman–Crippen MR) is 24.1 cm³/mol. The van der Waals surface area contributed by atoms with Gasteiger partial charge < -0.3 is 10.2 Å². The molecule has 0 aliphatic heterocycles. The molecule has 6 heavy (non-hydrogen) atoms. The molecule has 3 nitrogen and oxygen atoms in total. The van der Waals surface area contributed by atoms with E-state index in [2.05, 4.69) is 15.6 Å². The first-order chi connectivity index (χ1) is 2.91. The van der Waals surface area contributed by atoms with Crippen molar-refractivity contribution in [3.05, 3.63) is 0 Å². The fourth-order valence-electron chi connectivity index (χ4n) is 0.144. The molecule has 0 aliphatic rings. The average Bonchev–Trinajstić information content (AvgIpc) is 1.61. The highest BCUT2D eigenvalue weighted by molar-refractivity contribution is 4.17. The minimum Gasteiger partial charge on any atom is -0.306 e. The third-order valence-corrected chi connectivity index (χ3v) is 0.393. The molecule has 0 aromatic heterocycles. The SMILES string of the molecule is CNCNOC. The van der Waals surface area contributed by atoms with Gasteiger partial charge in [0.2, 0.25) is 0 Å². The van der Waals surface area contributed by atoms with Crippen LogP contribution in [0.15, 0.2) is 0 Å². The van der Waals surface area contributed by atoms with Crippen LogP contribution in [0.3, 0.4) is 0 Å². The van der Waals surface area contributed by atoms with Crippen molar-refractivity contribution in [2.24, 2.45) is 0 Å². The van der Waals surface area contributed by atoms with Crippen LogP contribution in [0.2, 0.25) is 0 Å². The Hall–Kier alpha value is -0.120. The molecule has 38 valence electrons. The number of hydrogen-bond donors (Lipinski definition) is 2. The molecular formula is C3H10N2O. The molecule has 3 heteroatoms. The van der Waals surface area contributed by atoms with Crippen molar-refractivity contribution in [1.29, 1.82) is 0 Å². The van der Waals surface area contributed by atoms with Crippen LogP contribution in [0.25, 0.3) is 0 Å². The molecule has 0 aromatic rings. The van der Waals surface area contributed by atoms with Crippen molar-refractivity contribution in [2.45, 2.75) is 0 Å². The maximum absolute atomic E-state index is 4.47. The van der Waals surface area contributed by atoms with Gasteiger partial charge in [0.25, 0.3) is 0 Å². The molecule has 0 atom stereocenters. The van der Waals surface area contributed by atoms with Crippen LogP contribution in [0, 0.1) is 0 Å². The van der Waals surface area contributed by atoms with E-state index in [1.165, 1.54) is 0 Å². The van der Waals surface area contributed by atoms with E-state index < -0.39 is 0 Å². The van der Waals surface area contributed by atoms with E-state index in [1.807, 2.05) is 7.05 Å². The van der Waals surface area contributed by atoms with Gasteiger partial charge in [0.15, 0.2) is 0 Å². The minimum absolute atomic E-state index is 0.691. The Kier molecular flexibility index (Phi) is 4.78. The summed E-state index contributed by atoms with van der Waals surface area (Å²) < 4.78 is 0. The molecule has 0 bridgehead atoms. The fourth-order valence-corrected chi connectivity index (χ4v) is 0.144. The lowest BCUT2D eigenvalue weighted by Gasteiger charge is -1.95. The van der Waals surface area contributed by atoms with Crippen LogP contribution in [0.1, 0.15) is 0 Å². The predicted octanol–water partition coefficient (Wildman–Crippen LogP) is -0.686. The van der Waals surface area contributed by atoms with Gasteiger partial charge in [-0.25, -0.2) is 0 Å². The summed E-state index contributed by atoms with van der Waals surface area (Å²) in [5.41, 5.74) is 2.59. The van der Waals surface area contributed by atoms with E-state index in [0.717, 1.165) is 0 Å². The second-order valence-electron chi connectivity index (χ2n) is 0.879. The Morgan fingerprint density at radius 3 is 2.50 bits per heavy atom. The Morgan fingerprint density at radius 2 is 2.33 bits per heavy atom. The zero-order chi connectivity index (χ0) is 4.83. The summed E-state index contributed by atoms with van der Waals surface area (Å²) >= 11 is 0. The van der Waals surface area contributed by atoms with Crippen molar-refractivity contribution in [2.75, 3.05) is 20.8 Å². The lowest BCUT2D eigenvalue weighted by molar-refractivity contribution is 0.0876. The summed E-state index contributed by atoms with van der Waals surface area (Å²) in [6.45, 7) is 0.691. The first-order valence-electron chi connectivity index (χ1n) is 1.82. The smallest absolute Gasteiger partial charge is 0.0698 e. The third kappa shape index (κ3) is 3.88. The number of rotatable bonds is 3. The van der Waals surface area contributed by atoms with Crippen molar-refractivity contribution in [3.8, 4) is 0 Å². The molecule has 0 aliphatic carbocycles. The molecule has 0 saturated heterocycles. The van der Waals surface area contributed by atoms with Gasteiger partial charge in [0, 0.05) is 0 Å². The molecule has 0 aromatic carbocycles.